The monoisotopic (exact) mass is 138 g/mol. The van der Waals surface area contributed by atoms with Gasteiger partial charge in [-0.3, -0.25) is 0 Å². The summed E-state index contributed by atoms with van der Waals surface area (Å²) < 4.78 is 29.2. The Bertz CT molecular complexity index is 87.0. The number of rotatable bonds is 0. The van der Waals surface area contributed by atoms with Crippen molar-refractivity contribution in [2.24, 2.45) is 0 Å². The van der Waals surface area contributed by atoms with Crippen molar-refractivity contribution in [1.29, 1.82) is 0 Å². The van der Waals surface area contributed by atoms with E-state index in [1.54, 1.807) is 5.32 Å². The van der Waals surface area contributed by atoms with Gasteiger partial charge in [-0.05, 0) is 0 Å². The summed E-state index contributed by atoms with van der Waals surface area (Å²) in [7, 11) is 0. The molecular weight excluding hydrogens is 128 g/mol. The summed E-state index contributed by atoms with van der Waals surface area (Å²) in [6, 6.07) is 0. The molecule has 0 atom stereocenters. The van der Waals surface area contributed by atoms with Crippen LogP contribution >= 0.6 is 0 Å². The molecule has 0 radical (unpaired) electrons. The summed E-state index contributed by atoms with van der Waals surface area (Å²) in [6.45, 7) is 0.543. The number of alkyl halides is 2. The maximum Gasteiger partial charge on any atom is 0.318 e. The molecule has 1 fully saturated rings. The van der Waals surface area contributed by atoms with Crippen LogP contribution in [0.25, 0.3) is 0 Å². The van der Waals surface area contributed by atoms with Crippen molar-refractivity contribution in [3.8, 4) is 0 Å². The van der Waals surface area contributed by atoms with Crippen LogP contribution in [0.2, 0.25) is 0 Å². The van der Waals surface area contributed by atoms with Crippen molar-refractivity contribution < 1.29 is 18.8 Å². The standard InChI is InChI=1S/C5H9F2NO/c6-5(7)3-8-1-2-9-4-5/h8H,1-4H2/p+1. The minimum atomic E-state index is -2.61. The molecular formula is C5H10F2NO+. The molecule has 1 aliphatic rings. The highest BCUT2D eigenvalue weighted by molar-refractivity contribution is 4.62. The Labute approximate surface area is 52.2 Å². The highest BCUT2D eigenvalue weighted by atomic mass is 19.3. The van der Waals surface area contributed by atoms with Crippen LogP contribution in [-0.2, 0) is 4.74 Å². The van der Waals surface area contributed by atoms with E-state index in [2.05, 4.69) is 4.74 Å². The third-order valence-corrected chi connectivity index (χ3v) is 1.22. The van der Waals surface area contributed by atoms with Gasteiger partial charge >= 0.3 is 5.92 Å². The summed E-state index contributed by atoms with van der Waals surface area (Å²) in [5.74, 6) is -2.61. The van der Waals surface area contributed by atoms with Crippen molar-refractivity contribution >= 4 is 0 Å². The fourth-order valence-electron chi connectivity index (χ4n) is 0.760. The van der Waals surface area contributed by atoms with Gasteiger partial charge in [-0.15, -0.1) is 0 Å². The van der Waals surface area contributed by atoms with Crippen LogP contribution in [-0.4, -0.2) is 32.2 Å². The Morgan fingerprint density at radius 3 is 3.00 bits per heavy atom. The molecule has 0 bridgehead atoms. The van der Waals surface area contributed by atoms with Crippen molar-refractivity contribution in [2.75, 3.05) is 26.3 Å². The zero-order chi connectivity index (χ0) is 6.74. The van der Waals surface area contributed by atoms with Crippen molar-refractivity contribution in [1.82, 2.24) is 0 Å². The quantitative estimate of drug-likeness (QED) is 0.466. The average Bonchev–Trinajstić information content (AvgIpc) is 1.92. The Kier molecular flexibility index (Phi) is 1.97. The summed E-state index contributed by atoms with van der Waals surface area (Å²) in [5, 5.41) is 1.58. The van der Waals surface area contributed by atoms with Gasteiger partial charge in [-0.1, -0.05) is 0 Å². The molecule has 54 valence electrons. The summed E-state index contributed by atoms with van der Waals surface area (Å²) >= 11 is 0. The van der Waals surface area contributed by atoms with Gasteiger partial charge in [0.2, 0.25) is 0 Å². The summed E-state index contributed by atoms with van der Waals surface area (Å²) in [5.41, 5.74) is 0. The predicted molar refractivity (Wildman–Crippen MR) is 27.4 cm³/mol. The van der Waals surface area contributed by atoms with E-state index in [9.17, 15) is 8.78 Å². The lowest BCUT2D eigenvalue weighted by atomic mass is 10.4. The van der Waals surface area contributed by atoms with Gasteiger partial charge in [0.25, 0.3) is 0 Å². The Morgan fingerprint density at radius 1 is 1.44 bits per heavy atom. The largest absolute Gasteiger partial charge is 0.369 e. The highest BCUT2D eigenvalue weighted by Gasteiger charge is 2.33. The van der Waals surface area contributed by atoms with Crippen molar-refractivity contribution in [2.45, 2.75) is 5.92 Å². The average molecular weight is 138 g/mol. The molecule has 1 saturated heterocycles. The fourth-order valence-corrected chi connectivity index (χ4v) is 0.760. The van der Waals surface area contributed by atoms with Gasteiger partial charge in [0, 0.05) is 0 Å². The third kappa shape index (κ3) is 2.24. The minimum Gasteiger partial charge on any atom is -0.369 e. The first-order chi connectivity index (χ1) is 4.21. The molecule has 0 aromatic heterocycles. The van der Waals surface area contributed by atoms with Gasteiger partial charge in [-0.25, -0.2) is 0 Å². The van der Waals surface area contributed by atoms with E-state index >= 15 is 0 Å². The first-order valence-corrected chi connectivity index (χ1v) is 2.98. The van der Waals surface area contributed by atoms with Crippen LogP contribution in [0.1, 0.15) is 0 Å². The smallest absolute Gasteiger partial charge is 0.318 e. The van der Waals surface area contributed by atoms with Crippen LogP contribution < -0.4 is 5.32 Å². The second-order valence-electron chi connectivity index (χ2n) is 2.19. The molecule has 1 aliphatic heterocycles. The van der Waals surface area contributed by atoms with Crippen LogP contribution in [0.5, 0.6) is 0 Å². The molecule has 0 saturated carbocycles. The molecule has 0 amide bonds. The maximum atomic E-state index is 12.3. The van der Waals surface area contributed by atoms with Crippen LogP contribution in [0, 0.1) is 0 Å². The van der Waals surface area contributed by atoms with E-state index in [1.807, 2.05) is 0 Å². The fraction of sp³-hybridized carbons (Fsp3) is 1.00. The topological polar surface area (TPSA) is 25.8 Å². The maximum absolute atomic E-state index is 12.3. The first-order valence-electron chi connectivity index (χ1n) is 2.98. The minimum absolute atomic E-state index is 0.132. The van der Waals surface area contributed by atoms with E-state index in [-0.39, 0.29) is 6.54 Å². The first kappa shape index (κ1) is 6.89. The molecule has 4 heteroatoms. The second-order valence-corrected chi connectivity index (χ2v) is 2.19. The number of halogens is 2. The van der Waals surface area contributed by atoms with Crippen LogP contribution in [0.15, 0.2) is 0 Å². The lowest BCUT2D eigenvalue weighted by Crippen LogP contribution is -2.87. The molecule has 0 spiro atoms. The molecule has 1 rings (SSSR count). The lowest BCUT2D eigenvalue weighted by molar-refractivity contribution is -0.665. The molecule has 0 aromatic carbocycles. The number of nitrogens with two attached hydrogens (primary N) is 1. The van der Waals surface area contributed by atoms with E-state index in [0.29, 0.717) is 13.2 Å². The Balaban J connectivity index is 2.36. The third-order valence-electron chi connectivity index (χ3n) is 1.22. The van der Waals surface area contributed by atoms with Crippen LogP contribution in [0.3, 0.4) is 0 Å². The van der Waals surface area contributed by atoms with E-state index < -0.39 is 12.5 Å². The summed E-state index contributed by atoms with van der Waals surface area (Å²) in [4.78, 5) is 0. The zero-order valence-electron chi connectivity index (χ0n) is 5.07. The second kappa shape index (κ2) is 2.58. The van der Waals surface area contributed by atoms with Crippen LogP contribution in [0.4, 0.5) is 8.78 Å². The molecule has 1 heterocycles. The predicted octanol–water partition coefficient (Wildman–Crippen LogP) is -0.785. The SMILES string of the molecule is FC1(F)C[NH2+]CCOC1. The molecule has 0 aromatic rings. The number of quaternary nitrogens is 1. The molecule has 0 aliphatic carbocycles. The van der Waals surface area contributed by atoms with Gasteiger partial charge < -0.3 is 10.1 Å². The number of hydrogen-bond acceptors (Lipinski definition) is 1. The van der Waals surface area contributed by atoms with Gasteiger partial charge in [0.15, 0.2) is 0 Å². The van der Waals surface area contributed by atoms with E-state index in [4.69, 9.17) is 0 Å². The van der Waals surface area contributed by atoms with Gasteiger partial charge in [0.05, 0.1) is 13.2 Å². The molecule has 0 unspecified atom stereocenters. The summed E-state index contributed by atoms with van der Waals surface area (Å²) in [6.07, 6.45) is 0. The Hall–Kier alpha value is -0.220. The van der Waals surface area contributed by atoms with Crippen molar-refractivity contribution in [3.63, 3.8) is 0 Å². The normalized spacial score (nSPS) is 27.3. The number of hydrogen-bond donors (Lipinski definition) is 1. The highest BCUT2D eigenvalue weighted by Crippen LogP contribution is 2.10. The number of ether oxygens (including phenoxy) is 1. The zero-order valence-corrected chi connectivity index (χ0v) is 5.07. The molecule has 9 heavy (non-hydrogen) atoms. The van der Waals surface area contributed by atoms with Crippen molar-refractivity contribution in [3.05, 3.63) is 0 Å². The molecule has 2 N–H and O–H groups in total. The van der Waals surface area contributed by atoms with Gasteiger partial charge in [-0.2, -0.15) is 8.78 Å². The molecule has 2 nitrogen and oxygen atoms in total. The van der Waals surface area contributed by atoms with E-state index in [0.717, 1.165) is 0 Å². The lowest BCUT2D eigenvalue weighted by Gasteiger charge is -2.08. The van der Waals surface area contributed by atoms with Gasteiger partial charge in [0.1, 0.15) is 13.2 Å². The van der Waals surface area contributed by atoms with E-state index in [1.165, 1.54) is 0 Å². The Morgan fingerprint density at radius 2 is 2.22 bits per heavy atom.